The van der Waals surface area contributed by atoms with Gasteiger partial charge < -0.3 is 0 Å². The highest BCUT2D eigenvalue weighted by Crippen LogP contribution is 2.36. The van der Waals surface area contributed by atoms with Crippen LogP contribution in [0.15, 0.2) is 57.5 Å². The van der Waals surface area contributed by atoms with Crippen LogP contribution in [0.3, 0.4) is 0 Å². The van der Waals surface area contributed by atoms with Crippen molar-refractivity contribution in [2.75, 3.05) is 0 Å². The first-order chi connectivity index (χ1) is 8.79. The lowest BCUT2D eigenvalue weighted by molar-refractivity contribution is 1.27. The smallest absolute Gasteiger partial charge is 0.0339 e. The van der Waals surface area contributed by atoms with Crippen LogP contribution in [0.2, 0.25) is 0 Å². The molecular formula is C16H8Br2. The third-order valence-corrected chi connectivity index (χ3v) is 5.20. The average molecular weight is 360 g/mol. The zero-order chi connectivity index (χ0) is 12.3. The van der Waals surface area contributed by atoms with Crippen LogP contribution >= 0.6 is 31.9 Å². The Morgan fingerprint density at radius 2 is 0.944 bits per heavy atom. The third-order valence-electron chi connectivity index (χ3n) is 3.55. The minimum Gasteiger partial charge on any atom is -0.0616 e. The van der Waals surface area contributed by atoms with E-state index >= 15 is 0 Å². The normalized spacial score (nSPS) is 11.9. The van der Waals surface area contributed by atoms with Gasteiger partial charge in [0.05, 0.1) is 0 Å². The molecule has 1 aliphatic rings. The Hall–Kier alpha value is -1.12. The van der Waals surface area contributed by atoms with Gasteiger partial charge in [0.1, 0.15) is 0 Å². The highest BCUT2D eigenvalue weighted by atomic mass is 79.9. The number of benzene rings is 3. The fourth-order valence-corrected chi connectivity index (χ4v) is 4.23. The average Bonchev–Trinajstić information content (AvgIpc) is 2.39. The summed E-state index contributed by atoms with van der Waals surface area (Å²) in [6.45, 7) is 0. The molecule has 0 saturated carbocycles. The van der Waals surface area contributed by atoms with Crippen LogP contribution in [0.1, 0.15) is 0 Å². The molecule has 0 saturated heterocycles. The van der Waals surface area contributed by atoms with Gasteiger partial charge in [0, 0.05) is 19.4 Å². The number of fused-ring (bicyclic) bond motifs is 3. The monoisotopic (exact) mass is 358 g/mol. The van der Waals surface area contributed by atoms with Gasteiger partial charge in [-0.2, -0.15) is 0 Å². The molecule has 0 atom stereocenters. The topological polar surface area (TPSA) is 0 Å². The quantitative estimate of drug-likeness (QED) is 0.402. The fourth-order valence-electron chi connectivity index (χ4n) is 2.72. The van der Waals surface area contributed by atoms with Crippen molar-refractivity contribution >= 4 is 42.6 Å². The molecule has 0 spiro atoms. The van der Waals surface area contributed by atoms with Gasteiger partial charge in [-0.1, -0.05) is 48.5 Å². The molecule has 0 radical (unpaired) electrons. The van der Waals surface area contributed by atoms with E-state index in [1.165, 1.54) is 40.6 Å². The summed E-state index contributed by atoms with van der Waals surface area (Å²) >= 11 is 7.53. The summed E-state index contributed by atoms with van der Waals surface area (Å²) in [7, 11) is 0. The Kier molecular flexibility index (Phi) is 2.21. The van der Waals surface area contributed by atoms with E-state index in [0.717, 1.165) is 0 Å². The lowest BCUT2D eigenvalue weighted by Crippen LogP contribution is -1.95. The maximum Gasteiger partial charge on any atom is 0.0339 e. The van der Waals surface area contributed by atoms with E-state index in [-0.39, 0.29) is 0 Å². The number of rotatable bonds is 0. The number of hydrogen-bond donors (Lipinski definition) is 0. The van der Waals surface area contributed by atoms with Crippen molar-refractivity contribution in [2.45, 2.75) is 0 Å². The zero-order valence-electron chi connectivity index (χ0n) is 9.37. The summed E-state index contributed by atoms with van der Waals surface area (Å²) in [4.78, 5) is 0. The van der Waals surface area contributed by atoms with Gasteiger partial charge in [0.15, 0.2) is 0 Å². The second kappa shape index (κ2) is 3.69. The molecule has 0 N–H and O–H groups in total. The first kappa shape index (κ1) is 10.8. The molecule has 0 nitrogen and oxygen atoms in total. The van der Waals surface area contributed by atoms with Crippen molar-refractivity contribution in [3.8, 4) is 0 Å². The Morgan fingerprint density at radius 3 is 1.39 bits per heavy atom. The minimum atomic E-state index is 1.20. The minimum absolute atomic E-state index is 1.20. The van der Waals surface area contributed by atoms with Crippen molar-refractivity contribution in [2.24, 2.45) is 0 Å². The highest BCUT2D eigenvalue weighted by molar-refractivity contribution is 9.11. The highest BCUT2D eigenvalue weighted by Gasteiger charge is 2.13. The van der Waals surface area contributed by atoms with Crippen LogP contribution in [0.4, 0.5) is 0 Å². The summed E-state index contributed by atoms with van der Waals surface area (Å²) < 4.78 is 2.41. The van der Waals surface area contributed by atoms with Crippen molar-refractivity contribution in [1.29, 1.82) is 0 Å². The van der Waals surface area contributed by atoms with Crippen molar-refractivity contribution < 1.29 is 0 Å². The molecule has 0 bridgehead atoms. The van der Waals surface area contributed by atoms with Crippen LogP contribution in [-0.4, -0.2) is 0 Å². The summed E-state index contributed by atoms with van der Waals surface area (Å²) in [6, 6.07) is 17.0. The Balaban J connectivity index is 2.45. The van der Waals surface area contributed by atoms with Crippen LogP contribution < -0.4 is 0 Å². The summed E-state index contributed by atoms with van der Waals surface area (Å²) in [6.07, 6.45) is 0. The van der Waals surface area contributed by atoms with E-state index in [1.807, 2.05) is 0 Å². The van der Waals surface area contributed by atoms with Crippen LogP contribution in [0.5, 0.6) is 0 Å². The van der Waals surface area contributed by atoms with E-state index in [9.17, 15) is 0 Å². The van der Waals surface area contributed by atoms with E-state index in [0.29, 0.717) is 0 Å². The predicted molar refractivity (Wildman–Crippen MR) is 81.1 cm³/mol. The first-order valence-electron chi connectivity index (χ1n) is 5.78. The molecule has 0 aliphatic heterocycles. The largest absolute Gasteiger partial charge is 0.0616 e. The molecule has 0 heterocycles. The Labute approximate surface area is 121 Å². The van der Waals surface area contributed by atoms with Crippen LogP contribution in [0, 0.1) is 20.9 Å². The van der Waals surface area contributed by atoms with Gasteiger partial charge in [-0.05, 0) is 53.1 Å². The zero-order valence-corrected chi connectivity index (χ0v) is 12.5. The van der Waals surface area contributed by atoms with Crippen molar-refractivity contribution in [1.82, 2.24) is 0 Å². The molecule has 3 aromatic rings. The lowest BCUT2D eigenvalue weighted by atomic mass is 9.98. The van der Waals surface area contributed by atoms with Gasteiger partial charge in [0.2, 0.25) is 0 Å². The molecular weight excluding hydrogens is 352 g/mol. The molecule has 0 aromatic heterocycles. The second-order valence-corrected chi connectivity index (χ2v) is 6.06. The predicted octanol–water partition coefficient (Wildman–Crippen LogP) is 5.25. The maximum atomic E-state index is 3.77. The van der Waals surface area contributed by atoms with Crippen LogP contribution in [-0.2, 0) is 0 Å². The summed E-state index contributed by atoms with van der Waals surface area (Å²) in [5.41, 5.74) is 0. The SMILES string of the molecule is Brc1c2c(c(Br)c3ccccc13)=c1ccccc1=2. The first-order valence-corrected chi connectivity index (χ1v) is 7.37. The third kappa shape index (κ3) is 1.20. The molecule has 86 valence electrons. The fraction of sp³-hybridized carbons (Fsp3) is 0. The van der Waals surface area contributed by atoms with E-state index in [4.69, 9.17) is 0 Å². The van der Waals surface area contributed by atoms with Gasteiger partial charge >= 0.3 is 0 Å². The lowest BCUT2D eigenvalue weighted by Gasteiger charge is -2.12. The maximum absolute atomic E-state index is 3.77. The van der Waals surface area contributed by atoms with Gasteiger partial charge in [-0.15, -0.1) is 0 Å². The van der Waals surface area contributed by atoms with Gasteiger partial charge in [0.25, 0.3) is 0 Å². The van der Waals surface area contributed by atoms with E-state index < -0.39 is 0 Å². The van der Waals surface area contributed by atoms with Crippen LogP contribution in [0.25, 0.3) is 10.8 Å². The second-order valence-electron chi connectivity index (χ2n) is 4.47. The summed E-state index contributed by atoms with van der Waals surface area (Å²) in [5, 5.41) is 7.86. The number of hydrogen-bond acceptors (Lipinski definition) is 0. The molecule has 2 heteroatoms. The Morgan fingerprint density at radius 1 is 0.556 bits per heavy atom. The van der Waals surface area contributed by atoms with E-state index in [2.05, 4.69) is 80.4 Å². The molecule has 0 fully saturated rings. The Bertz CT molecular complexity index is 907. The van der Waals surface area contributed by atoms with Gasteiger partial charge in [-0.25, -0.2) is 0 Å². The molecule has 18 heavy (non-hydrogen) atoms. The molecule has 0 unspecified atom stereocenters. The molecule has 4 rings (SSSR count). The molecule has 1 aliphatic carbocycles. The van der Waals surface area contributed by atoms with Crippen molar-refractivity contribution in [3.05, 3.63) is 78.4 Å². The number of halogens is 2. The molecule has 0 amide bonds. The summed E-state index contributed by atoms with van der Waals surface area (Å²) in [5.74, 6) is 0. The standard InChI is InChI=1S/C16H8Br2/c17-15-11-7-3-4-8-12(11)16(18)14-10-6-2-1-5-9(10)13(14)15/h1-8H. The van der Waals surface area contributed by atoms with Crippen molar-refractivity contribution in [3.63, 3.8) is 0 Å². The van der Waals surface area contributed by atoms with Gasteiger partial charge in [-0.3, -0.25) is 0 Å². The van der Waals surface area contributed by atoms with E-state index in [1.54, 1.807) is 0 Å². The molecule has 3 aromatic carbocycles.